The van der Waals surface area contributed by atoms with E-state index in [4.69, 9.17) is 9.15 Å². The zero-order valence-electron chi connectivity index (χ0n) is 31.6. The van der Waals surface area contributed by atoms with Gasteiger partial charge in [-0.05, 0) is 65.6 Å². The molecule has 0 radical (unpaired) electrons. The Kier molecular flexibility index (Phi) is 14.8. The predicted molar refractivity (Wildman–Crippen MR) is 207 cm³/mol. The number of pyridine rings is 1. The van der Waals surface area contributed by atoms with Gasteiger partial charge in [0.05, 0.1) is 18.5 Å². The van der Waals surface area contributed by atoms with Gasteiger partial charge in [0.15, 0.2) is 11.5 Å². The number of nitrogens with zero attached hydrogens (tertiary/aromatic N) is 1. The average molecular weight is 739 g/mol. The molecule has 2 aromatic carbocycles. The number of aliphatic hydroxyl groups is 1. The van der Waals surface area contributed by atoms with Crippen LogP contribution in [0.25, 0.3) is 10.8 Å². The van der Waals surface area contributed by atoms with E-state index in [2.05, 4.69) is 20.9 Å². The van der Waals surface area contributed by atoms with Gasteiger partial charge in [0.2, 0.25) is 23.6 Å². The van der Waals surface area contributed by atoms with Gasteiger partial charge in [-0.2, -0.15) is 0 Å². The van der Waals surface area contributed by atoms with Crippen LogP contribution in [0.1, 0.15) is 100 Å². The molecule has 11 heteroatoms. The Bertz CT molecular complexity index is 1830. The van der Waals surface area contributed by atoms with Gasteiger partial charge in [0, 0.05) is 25.6 Å². The van der Waals surface area contributed by atoms with E-state index in [1.165, 1.54) is 13.0 Å². The highest BCUT2D eigenvalue weighted by molar-refractivity contribution is 5.92. The van der Waals surface area contributed by atoms with Crippen molar-refractivity contribution in [2.45, 2.75) is 96.7 Å². The smallest absolute Gasteiger partial charge is 0.242 e. The van der Waals surface area contributed by atoms with Crippen LogP contribution in [0.2, 0.25) is 0 Å². The van der Waals surface area contributed by atoms with E-state index in [0.29, 0.717) is 24.6 Å². The van der Waals surface area contributed by atoms with Gasteiger partial charge in [-0.1, -0.05) is 94.5 Å². The van der Waals surface area contributed by atoms with Crippen LogP contribution < -0.4 is 20.7 Å². The first-order chi connectivity index (χ1) is 26.1. The molecule has 288 valence electrons. The van der Waals surface area contributed by atoms with E-state index >= 15 is 0 Å². The number of ether oxygens (including phenoxy) is 1. The highest BCUT2D eigenvalue weighted by Crippen LogP contribution is 2.32. The second-order valence-electron chi connectivity index (χ2n) is 14.9. The van der Waals surface area contributed by atoms with Crippen molar-refractivity contribution in [1.29, 1.82) is 0 Å². The number of furan rings is 1. The molecule has 1 aliphatic carbocycles. The number of Topliss-reactive ketones (excluding diaryl/α,β-unsaturated/α-hetero) is 1. The molecule has 5 rings (SSSR count). The fraction of sp³-hybridized carbons (Fsp3) is 0.465. The number of nitrogens with one attached hydrogen (secondary N) is 3. The highest BCUT2D eigenvalue weighted by atomic mass is 16.5. The molecule has 1 fully saturated rings. The molecular weight excluding hydrogens is 684 g/mol. The summed E-state index contributed by atoms with van der Waals surface area (Å²) in [7, 11) is 0. The number of carbonyl (C=O) groups is 4. The Hall–Kier alpha value is -5.03. The molecule has 1 aliphatic rings. The Balaban J connectivity index is 1.33. The minimum absolute atomic E-state index is 0.0462. The number of amides is 3. The van der Waals surface area contributed by atoms with E-state index in [1.54, 1.807) is 24.4 Å². The lowest BCUT2D eigenvalue weighted by Crippen LogP contribution is -2.53. The highest BCUT2D eigenvalue weighted by Gasteiger charge is 2.34. The van der Waals surface area contributed by atoms with Crippen LogP contribution >= 0.6 is 0 Å². The lowest BCUT2D eigenvalue weighted by atomic mass is 9.83. The second-order valence-corrected chi connectivity index (χ2v) is 14.9. The molecule has 54 heavy (non-hydrogen) atoms. The predicted octanol–water partition coefficient (Wildman–Crippen LogP) is 6.49. The SMILES string of the molecule is CC(=O)c1ccc([C@H](O)[C@H](CC2CCCCC2)NC(=O)[C@H](CC(C)C)NC(=O)[C@@H](CC(=O)NCCOc2ccccn2)Cc2cccc3ccccc23)o1. The van der Waals surface area contributed by atoms with Crippen LogP contribution in [0.4, 0.5) is 0 Å². The van der Waals surface area contributed by atoms with E-state index in [9.17, 15) is 24.3 Å². The van der Waals surface area contributed by atoms with Crippen molar-refractivity contribution in [2.75, 3.05) is 13.2 Å². The summed E-state index contributed by atoms with van der Waals surface area (Å²) in [4.78, 5) is 57.8. The van der Waals surface area contributed by atoms with Gasteiger partial charge in [0.25, 0.3) is 0 Å². The molecule has 4 atom stereocenters. The van der Waals surface area contributed by atoms with Crippen LogP contribution in [0.15, 0.2) is 83.4 Å². The van der Waals surface area contributed by atoms with E-state index in [1.807, 2.05) is 62.4 Å². The number of hydrogen-bond donors (Lipinski definition) is 4. The molecule has 2 heterocycles. The Morgan fingerprint density at radius 1 is 0.907 bits per heavy atom. The monoisotopic (exact) mass is 738 g/mol. The summed E-state index contributed by atoms with van der Waals surface area (Å²) in [5.74, 6) is -1.05. The number of aromatic nitrogens is 1. The number of rotatable bonds is 19. The van der Waals surface area contributed by atoms with E-state index in [0.717, 1.165) is 48.4 Å². The van der Waals surface area contributed by atoms with Crippen LogP contribution in [0.5, 0.6) is 5.88 Å². The third-order valence-corrected chi connectivity index (χ3v) is 10.1. The molecule has 11 nitrogen and oxygen atoms in total. The van der Waals surface area contributed by atoms with Crippen molar-refractivity contribution in [1.82, 2.24) is 20.9 Å². The Morgan fingerprint density at radius 3 is 2.39 bits per heavy atom. The van der Waals surface area contributed by atoms with Crippen molar-refractivity contribution in [3.63, 3.8) is 0 Å². The van der Waals surface area contributed by atoms with Gasteiger partial charge >= 0.3 is 0 Å². The zero-order valence-corrected chi connectivity index (χ0v) is 31.6. The molecular formula is C43H54N4O7. The molecule has 2 aromatic heterocycles. The van der Waals surface area contributed by atoms with Crippen molar-refractivity contribution in [3.05, 3.63) is 96.1 Å². The normalized spacial score (nSPS) is 15.6. The van der Waals surface area contributed by atoms with Crippen molar-refractivity contribution < 1.29 is 33.4 Å². The lowest BCUT2D eigenvalue weighted by molar-refractivity contribution is -0.134. The summed E-state index contributed by atoms with van der Waals surface area (Å²) < 4.78 is 11.3. The van der Waals surface area contributed by atoms with E-state index in [-0.39, 0.29) is 55.1 Å². The number of fused-ring (bicyclic) bond motifs is 1. The van der Waals surface area contributed by atoms with Gasteiger partial charge in [-0.15, -0.1) is 0 Å². The lowest BCUT2D eigenvalue weighted by Gasteiger charge is -2.31. The molecule has 0 spiro atoms. The minimum Gasteiger partial charge on any atom is -0.476 e. The molecule has 3 amide bonds. The molecule has 4 N–H and O–H groups in total. The van der Waals surface area contributed by atoms with Gasteiger partial charge in [0.1, 0.15) is 24.5 Å². The van der Waals surface area contributed by atoms with Crippen LogP contribution in [0, 0.1) is 17.8 Å². The first-order valence-electron chi connectivity index (χ1n) is 19.2. The summed E-state index contributed by atoms with van der Waals surface area (Å²) in [6, 6.07) is 20.6. The van der Waals surface area contributed by atoms with Gasteiger partial charge in [-0.25, -0.2) is 4.98 Å². The number of hydrogen-bond acceptors (Lipinski definition) is 8. The Labute approximate surface area is 317 Å². The van der Waals surface area contributed by atoms with Crippen LogP contribution in [-0.4, -0.2) is 58.8 Å². The standard InChI is InChI=1S/C43H54N4O7/c1-28(2)24-36(43(52)46-35(25-30-12-5-4-6-13-30)41(50)38-20-19-37(54-38)29(3)48)47-42(51)33(26-32-16-11-15-31-14-7-8-17-34(31)32)27-39(49)44-22-23-53-40-18-9-10-21-45-40/h7-11,14-21,28,30,33,35-36,41,50H,4-6,12-13,22-27H2,1-3H3,(H,44,49)(H,46,52)(H,47,51)/t33-,35+,36+,41-/m1/s1. The number of benzene rings is 2. The third kappa shape index (κ3) is 11.7. The maximum atomic E-state index is 14.3. The molecule has 4 aromatic rings. The second kappa shape index (κ2) is 19.9. The molecule has 0 unspecified atom stereocenters. The van der Waals surface area contributed by atoms with Crippen molar-refractivity contribution >= 4 is 34.3 Å². The van der Waals surface area contributed by atoms with Crippen LogP contribution in [0.3, 0.4) is 0 Å². The maximum absolute atomic E-state index is 14.3. The van der Waals surface area contributed by atoms with Crippen molar-refractivity contribution in [3.8, 4) is 5.88 Å². The maximum Gasteiger partial charge on any atom is 0.242 e. The number of ketones is 1. The first-order valence-corrected chi connectivity index (χ1v) is 19.2. The van der Waals surface area contributed by atoms with Gasteiger partial charge in [-0.3, -0.25) is 19.2 Å². The van der Waals surface area contributed by atoms with Crippen LogP contribution in [-0.2, 0) is 20.8 Å². The number of aliphatic hydroxyl groups excluding tert-OH is 1. The van der Waals surface area contributed by atoms with Crippen molar-refractivity contribution in [2.24, 2.45) is 17.8 Å². The summed E-state index contributed by atoms with van der Waals surface area (Å²) in [5, 5.41) is 22.5. The van der Waals surface area contributed by atoms with Gasteiger partial charge < -0.3 is 30.2 Å². The topological polar surface area (TPSA) is 160 Å². The minimum atomic E-state index is -1.19. The summed E-state index contributed by atoms with van der Waals surface area (Å²) in [6.07, 6.45) is 6.81. The zero-order chi connectivity index (χ0) is 38.5. The first kappa shape index (κ1) is 40.2. The van der Waals surface area contributed by atoms with E-state index < -0.39 is 35.9 Å². The average Bonchev–Trinajstić information content (AvgIpc) is 3.67. The fourth-order valence-electron chi connectivity index (χ4n) is 7.29. The third-order valence-electron chi connectivity index (χ3n) is 10.1. The largest absolute Gasteiger partial charge is 0.476 e. The fourth-order valence-corrected chi connectivity index (χ4v) is 7.29. The Morgan fingerprint density at radius 2 is 1.67 bits per heavy atom. The molecule has 0 saturated heterocycles. The molecule has 1 saturated carbocycles. The molecule has 0 bridgehead atoms. The quantitative estimate of drug-likeness (QED) is 0.0627. The number of carbonyl (C=O) groups excluding carboxylic acids is 4. The summed E-state index contributed by atoms with van der Waals surface area (Å²) >= 11 is 0. The molecule has 0 aliphatic heterocycles. The summed E-state index contributed by atoms with van der Waals surface area (Å²) in [6.45, 7) is 5.78. The summed E-state index contributed by atoms with van der Waals surface area (Å²) in [5.41, 5.74) is 0.920.